The number of hydrogen-bond donors (Lipinski definition) is 2. The van der Waals surface area contributed by atoms with E-state index in [0.717, 1.165) is 25.1 Å². The quantitative estimate of drug-likeness (QED) is 0.900. The van der Waals surface area contributed by atoms with E-state index < -0.39 is 0 Å². The van der Waals surface area contributed by atoms with Gasteiger partial charge >= 0.3 is 0 Å². The number of phenolic OH excluding ortho intramolecular Hbond substituents is 1. The predicted octanol–water partition coefficient (Wildman–Crippen LogP) is 3.26. The van der Waals surface area contributed by atoms with Crippen LogP contribution in [0.15, 0.2) is 36.4 Å². The standard InChI is InChI=1S/C18H21NO3.ClH/c1-21-14-5-3-12(4-6-14)9-16-15-11-18(22-2)17(20)10-13(15)7-8-19-16;/h3-6,10-11,16,19-20H,7-9H2,1-2H3;1H. The van der Waals surface area contributed by atoms with Gasteiger partial charge in [-0.25, -0.2) is 0 Å². The van der Waals surface area contributed by atoms with Crippen molar-refractivity contribution in [2.45, 2.75) is 18.9 Å². The molecule has 0 aromatic heterocycles. The summed E-state index contributed by atoms with van der Waals surface area (Å²) in [6.45, 7) is 0.916. The highest BCUT2D eigenvalue weighted by atomic mass is 35.5. The first-order valence-corrected chi connectivity index (χ1v) is 7.47. The molecule has 0 saturated carbocycles. The minimum absolute atomic E-state index is 0. The fourth-order valence-electron chi connectivity index (χ4n) is 3.00. The Hall–Kier alpha value is -1.91. The van der Waals surface area contributed by atoms with E-state index in [-0.39, 0.29) is 24.2 Å². The topological polar surface area (TPSA) is 50.7 Å². The van der Waals surface area contributed by atoms with Crippen molar-refractivity contribution in [1.29, 1.82) is 0 Å². The number of hydrogen-bond acceptors (Lipinski definition) is 4. The van der Waals surface area contributed by atoms with E-state index in [0.29, 0.717) is 5.75 Å². The molecule has 1 unspecified atom stereocenters. The lowest BCUT2D eigenvalue weighted by molar-refractivity contribution is 0.370. The van der Waals surface area contributed by atoms with Gasteiger partial charge in [0.25, 0.3) is 0 Å². The molecule has 5 heteroatoms. The van der Waals surface area contributed by atoms with Crippen molar-refractivity contribution in [3.8, 4) is 17.2 Å². The van der Waals surface area contributed by atoms with E-state index in [1.54, 1.807) is 14.2 Å². The third-order valence-electron chi connectivity index (χ3n) is 4.20. The fourth-order valence-corrected chi connectivity index (χ4v) is 3.00. The number of benzene rings is 2. The zero-order valence-electron chi connectivity index (χ0n) is 13.3. The van der Waals surface area contributed by atoms with Crippen LogP contribution in [0.4, 0.5) is 0 Å². The molecule has 4 nitrogen and oxygen atoms in total. The summed E-state index contributed by atoms with van der Waals surface area (Å²) in [5.74, 6) is 1.61. The van der Waals surface area contributed by atoms with Crippen molar-refractivity contribution in [3.63, 3.8) is 0 Å². The van der Waals surface area contributed by atoms with Gasteiger partial charge in [-0.3, -0.25) is 0 Å². The van der Waals surface area contributed by atoms with Gasteiger partial charge in [0.1, 0.15) is 5.75 Å². The lowest BCUT2D eigenvalue weighted by Gasteiger charge is -2.28. The summed E-state index contributed by atoms with van der Waals surface area (Å²) in [6.07, 6.45) is 1.82. The molecule has 23 heavy (non-hydrogen) atoms. The highest BCUT2D eigenvalue weighted by molar-refractivity contribution is 5.85. The molecular formula is C18H22ClNO3. The second-order valence-corrected chi connectivity index (χ2v) is 5.53. The molecule has 124 valence electrons. The maximum absolute atomic E-state index is 9.94. The van der Waals surface area contributed by atoms with E-state index >= 15 is 0 Å². The molecule has 1 aliphatic rings. The first-order chi connectivity index (χ1) is 10.7. The molecule has 0 spiro atoms. The Morgan fingerprint density at radius 3 is 2.52 bits per heavy atom. The van der Waals surface area contributed by atoms with Gasteiger partial charge in [0, 0.05) is 6.04 Å². The van der Waals surface area contributed by atoms with Crippen molar-refractivity contribution in [2.24, 2.45) is 0 Å². The average molecular weight is 336 g/mol. The van der Waals surface area contributed by atoms with Crippen LogP contribution in [0.25, 0.3) is 0 Å². The number of fused-ring (bicyclic) bond motifs is 1. The van der Waals surface area contributed by atoms with Gasteiger partial charge in [-0.15, -0.1) is 12.4 Å². The van der Waals surface area contributed by atoms with E-state index in [1.807, 2.05) is 24.3 Å². The Morgan fingerprint density at radius 1 is 1.13 bits per heavy atom. The van der Waals surface area contributed by atoms with Gasteiger partial charge in [0.2, 0.25) is 0 Å². The summed E-state index contributed by atoms with van der Waals surface area (Å²) in [4.78, 5) is 0. The lowest BCUT2D eigenvalue weighted by atomic mass is 9.90. The third kappa shape index (κ3) is 3.71. The first kappa shape index (κ1) is 17.4. The van der Waals surface area contributed by atoms with Crippen LogP contribution in [0.1, 0.15) is 22.7 Å². The van der Waals surface area contributed by atoms with E-state index in [4.69, 9.17) is 9.47 Å². The van der Waals surface area contributed by atoms with Crippen molar-refractivity contribution in [2.75, 3.05) is 20.8 Å². The number of phenols is 1. The fraction of sp³-hybridized carbons (Fsp3) is 0.333. The minimum atomic E-state index is 0. The summed E-state index contributed by atoms with van der Waals surface area (Å²) in [5, 5.41) is 13.5. The SMILES string of the molecule is COc1ccc(CC2NCCc3cc(O)c(OC)cc32)cc1.Cl. The maximum atomic E-state index is 9.94. The molecule has 1 heterocycles. The Kier molecular flexibility index (Phi) is 5.74. The van der Waals surface area contributed by atoms with E-state index in [2.05, 4.69) is 17.4 Å². The van der Waals surface area contributed by atoms with Gasteiger partial charge in [0.15, 0.2) is 11.5 Å². The molecule has 0 bridgehead atoms. The molecule has 1 aliphatic heterocycles. The molecule has 0 radical (unpaired) electrons. The third-order valence-corrected chi connectivity index (χ3v) is 4.20. The normalized spacial score (nSPS) is 16.2. The van der Waals surface area contributed by atoms with E-state index in [9.17, 15) is 5.11 Å². The van der Waals surface area contributed by atoms with Crippen LogP contribution in [0.2, 0.25) is 0 Å². The second kappa shape index (κ2) is 7.57. The maximum Gasteiger partial charge on any atom is 0.160 e. The van der Waals surface area contributed by atoms with Gasteiger partial charge in [-0.2, -0.15) is 0 Å². The molecule has 0 amide bonds. The summed E-state index contributed by atoms with van der Waals surface area (Å²) in [6, 6.07) is 12.2. The monoisotopic (exact) mass is 335 g/mol. The second-order valence-electron chi connectivity index (χ2n) is 5.53. The van der Waals surface area contributed by atoms with Crippen molar-refractivity contribution in [3.05, 3.63) is 53.1 Å². The van der Waals surface area contributed by atoms with Crippen molar-refractivity contribution >= 4 is 12.4 Å². The zero-order valence-corrected chi connectivity index (χ0v) is 14.2. The van der Waals surface area contributed by atoms with Crippen LogP contribution in [-0.2, 0) is 12.8 Å². The zero-order chi connectivity index (χ0) is 15.5. The molecule has 2 aromatic rings. The Bertz CT molecular complexity index is 658. The van der Waals surface area contributed by atoms with Crippen molar-refractivity contribution in [1.82, 2.24) is 5.32 Å². The summed E-state index contributed by atoms with van der Waals surface area (Å²) >= 11 is 0. The molecule has 0 fully saturated rings. The van der Waals surface area contributed by atoms with Crippen molar-refractivity contribution < 1.29 is 14.6 Å². The molecule has 3 rings (SSSR count). The summed E-state index contributed by atoms with van der Waals surface area (Å²) in [7, 11) is 3.25. The van der Waals surface area contributed by atoms with Crippen LogP contribution in [0.3, 0.4) is 0 Å². The van der Waals surface area contributed by atoms with Crippen LogP contribution in [0.5, 0.6) is 17.2 Å². The molecule has 2 N–H and O–H groups in total. The minimum Gasteiger partial charge on any atom is -0.504 e. The number of rotatable bonds is 4. The van der Waals surface area contributed by atoms with Crippen LogP contribution >= 0.6 is 12.4 Å². The average Bonchev–Trinajstić information content (AvgIpc) is 2.55. The van der Waals surface area contributed by atoms with Gasteiger partial charge in [-0.1, -0.05) is 12.1 Å². The van der Waals surface area contributed by atoms with Gasteiger partial charge in [-0.05, 0) is 60.3 Å². The highest BCUT2D eigenvalue weighted by Crippen LogP contribution is 2.35. The number of methoxy groups -OCH3 is 2. The molecule has 0 aliphatic carbocycles. The van der Waals surface area contributed by atoms with E-state index in [1.165, 1.54) is 16.7 Å². The largest absolute Gasteiger partial charge is 0.504 e. The molecule has 1 atom stereocenters. The predicted molar refractivity (Wildman–Crippen MR) is 93.1 cm³/mol. The number of nitrogens with one attached hydrogen (secondary N) is 1. The first-order valence-electron chi connectivity index (χ1n) is 7.47. The highest BCUT2D eigenvalue weighted by Gasteiger charge is 2.22. The lowest BCUT2D eigenvalue weighted by Crippen LogP contribution is -2.31. The van der Waals surface area contributed by atoms with Crippen LogP contribution in [-0.4, -0.2) is 25.9 Å². The smallest absolute Gasteiger partial charge is 0.160 e. The summed E-state index contributed by atoms with van der Waals surface area (Å²) in [5.41, 5.74) is 3.64. The summed E-state index contributed by atoms with van der Waals surface area (Å²) < 4.78 is 10.4. The Balaban J connectivity index is 0.00000192. The van der Waals surface area contributed by atoms with Crippen LogP contribution in [0, 0.1) is 0 Å². The Morgan fingerprint density at radius 2 is 1.87 bits per heavy atom. The van der Waals surface area contributed by atoms with Gasteiger partial charge in [0.05, 0.1) is 14.2 Å². The number of halogens is 1. The molecule has 0 saturated heterocycles. The number of aromatic hydroxyl groups is 1. The molecular weight excluding hydrogens is 314 g/mol. The van der Waals surface area contributed by atoms with Gasteiger partial charge < -0.3 is 19.9 Å². The van der Waals surface area contributed by atoms with Crippen LogP contribution < -0.4 is 14.8 Å². The molecule has 2 aromatic carbocycles. The Labute approximate surface area is 142 Å². The number of ether oxygens (including phenoxy) is 2.